The van der Waals surface area contributed by atoms with Crippen molar-refractivity contribution in [1.29, 1.82) is 0 Å². The maximum absolute atomic E-state index is 13.5. The van der Waals surface area contributed by atoms with Crippen molar-refractivity contribution < 1.29 is 14.3 Å². The molecule has 4 N–H and O–H groups in total. The number of carbonyl (C=O) groups excluding carboxylic acids is 1. The number of nitrogens with two attached hydrogens (primary N) is 1. The molecular formula is C14H13FN2O2. The van der Waals surface area contributed by atoms with Gasteiger partial charge in [0.15, 0.2) is 0 Å². The predicted molar refractivity (Wildman–Crippen MR) is 71.6 cm³/mol. The van der Waals surface area contributed by atoms with Gasteiger partial charge in [-0.2, -0.15) is 0 Å². The van der Waals surface area contributed by atoms with E-state index in [1.54, 1.807) is 19.1 Å². The minimum Gasteiger partial charge on any atom is -0.508 e. The van der Waals surface area contributed by atoms with E-state index in [0.29, 0.717) is 11.3 Å². The molecule has 2 rings (SSSR count). The zero-order valence-electron chi connectivity index (χ0n) is 10.3. The Morgan fingerprint density at radius 1 is 1.32 bits per heavy atom. The van der Waals surface area contributed by atoms with Crippen molar-refractivity contribution in [2.24, 2.45) is 0 Å². The third-order valence-corrected chi connectivity index (χ3v) is 2.75. The van der Waals surface area contributed by atoms with Crippen molar-refractivity contribution in [3.8, 4) is 5.75 Å². The average molecular weight is 260 g/mol. The Hall–Kier alpha value is -2.56. The van der Waals surface area contributed by atoms with E-state index in [-0.39, 0.29) is 17.0 Å². The Morgan fingerprint density at radius 2 is 2.05 bits per heavy atom. The molecule has 4 nitrogen and oxygen atoms in total. The Kier molecular flexibility index (Phi) is 3.37. The van der Waals surface area contributed by atoms with Gasteiger partial charge < -0.3 is 16.2 Å². The number of hydrogen-bond acceptors (Lipinski definition) is 3. The second kappa shape index (κ2) is 4.97. The summed E-state index contributed by atoms with van der Waals surface area (Å²) in [4.78, 5) is 11.9. The van der Waals surface area contributed by atoms with E-state index in [1.807, 2.05) is 0 Å². The maximum Gasteiger partial charge on any atom is 0.255 e. The highest BCUT2D eigenvalue weighted by Crippen LogP contribution is 2.20. The van der Waals surface area contributed by atoms with Crippen molar-refractivity contribution in [3.05, 3.63) is 53.3 Å². The molecule has 0 aromatic heterocycles. The second-order valence-electron chi connectivity index (χ2n) is 4.18. The van der Waals surface area contributed by atoms with Crippen LogP contribution in [0.25, 0.3) is 0 Å². The number of amides is 1. The van der Waals surface area contributed by atoms with E-state index in [1.165, 1.54) is 18.2 Å². The summed E-state index contributed by atoms with van der Waals surface area (Å²) in [5.74, 6) is -0.982. The molecule has 0 saturated carbocycles. The van der Waals surface area contributed by atoms with Crippen LogP contribution in [0.5, 0.6) is 5.75 Å². The molecule has 0 aliphatic heterocycles. The molecule has 0 unspecified atom stereocenters. The number of rotatable bonds is 2. The van der Waals surface area contributed by atoms with Gasteiger partial charge in [0.2, 0.25) is 0 Å². The van der Waals surface area contributed by atoms with Gasteiger partial charge in [0.05, 0.1) is 0 Å². The van der Waals surface area contributed by atoms with Crippen LogP contribution >= 0.6 is 0 Å². The van der Waals surface area contributed by atoms with Crippen molar-refractivity contribution in [2.45, 2.75) is 6.92 Å². The number of nitrogen functional groups attached to an aromatic ring is 1. The number of nitrogens with one attached hydrogen (secondary N) is 1. The number of phenols is 1. The van der Waals surface area contributed by atoms with Crippen LogP contribution in [-0.2, 0) is 0 Å². The molecule has 98 valence electrons. The van der Waals surface area contributed by atoms with Crippen LogP contribution < -0.4 is 11.1 Å². The number of benzene rings is 2. The number of aromatic hydroxyl groups is 1. The Balaban J connectivity index is 2.25. The summed E-state index contributed by atoms with van der Waals surface area (Å²) in [5, 5.41) is 11.8. The van der Waals surface area contributed by atoms with Crippen molar-refractivity contribution in [3.63, 3.8) is 0 Å². The molecule has 2 aromatic carbocycles. The third-order valence-electron chi connectivity index (χ3n) is 2.75. The molecule has 0 aliphatic carbocycles. The standard InChI is InChI=1S/C14H13FN2O2/c1-8-12(15)5-9(6-13(8)16)14(19)17-10-3-2-4-11(18)7-10/h2-7,18H,16H2,1H3,(H,17,19). The maximum atomic E-state index is 13.5. The quantitative estimate of drug-likeness (QED) is 0.727. The Bertz CT molecular complexity index is 618. The Morgan fingerprint density at radius 3 is 2.68 bits per heavy atom. The molecule has 5 heteroatoms. The van der Waals surface area contributed by atoms with Gasteiger partial charge in [0, 0.05) is 28.6 Å². The molecule has 0 bridgehead atoms. The largest absolute Gasteiger partial charge is 0.508 e. The van der Waals surface area contributed by atoms with Crippen LogP contribution in [0.3, 0.4) is 0 Å². The fourth-order valence-electron chi connectivity index (χ4n) is 1.62. The van der Waals surface area contributed by atoms with Gasteiger partial charge in [-0.3, -0.25) is 4.79 Å². The molecule has 0 atom stereocenters. The van der Waals surface area contributed by atoms with Gasteiger partial charge in [-0.1, -0.05) is 6.07 Å². The van der Waals surface area contributed by atoms with Crippen molar-refractivity contribution >= 4 is 17.3 Å². The van der Waals surface area contributed by atoms with Gasteiger partial charge in [0.25, 0.3) is 5.91 Å². The van der Waals surface area contributed by atoms with E-state index < -0.39 is 11.7 Å². The molecule has 0 heterocycles. The molecule has 0 fully saturated rings. The topological polar surface area (TPSA) is 75.4 Å². The molecule has 2 aromatic rings. The molecule has 1 amide bonds. The van der Waals surface area contributed by atoms with Crippen molar-refractivity contribution in [2.75, 3.05) is 11.1 Å². The van der Waals surface area contributed by atoms with Gasteiger partial charge in [-0.15, -0.1) is 0 Å². The molecule has 19 heavy (non-hydrogen) atoms. The van der Waals surface area contributed by atoms with E-state index in [4.69, 9.17) is 5.73 Å². The fraction of sp³-hybridized carbons (Fsp3) is 0.0714. The number of carbonyl (C=O) groups is 1. The molecule has 0 radical (unpaired) electrons. The summed E-state index contributed by atoms with van der Waals surface area (Å²) in [5.41, 5.74) is 6.70. The van der Waals surface area contributed by atoms with Crippen LogP contribution in [0.1, 0.15) is 15.9 Å². The fourth-order valence-corrected chi connectivity index (χ4v) is 1.62. The monoisotopic (exact) mass is 260 g/mol. The minimum absolute atomic E-state index is 0.0346. The number of anilines is 2. The first kappa shape index (κ1) is 12.9. The van der Waals surface area contributed by atoms with Crippen molar-refractivity contribution in [1.82, 2.24) is 0 Å². The van der Waals surface area contributed by atoms with Crippen LogP contribution in [0.2, 0.25) is 0 Å². The first-order valence-electron chi connectivity index (χ1n) is 5.63. The smallest absolute Gasteiger partial charge is 0.255 e. The van der Waals surface area contributed by atoms with E-state index in [2.05, 4.69) is 5.32 Å². The number of hydrogen-bond donors (Lipinski definition) is 3. The average Bonchev–Trinajstić information content (AvgIpc) is 2.35. The summed E-state index contributed by atoms with van der Waals surface area (Å²) in [7, 11) is 0. The second-order valence-corrected chi connectivity index (χ2v) is 4.18. The minimum atomic E-state index is -0.527. The summed E-state index contributed by atoms with van der Waals surface area (Å²) in [6.07, 6.45) is 0. The van der Waals surface area contributed by atoms with Gasteiger partial charge in [-0.05, 0) is 31.2 Å². The number of halogens is 1. The lowest BCUT2D eigenvalue weighted by Gasteiger charge is -2.08. The lowest BCUT2D eigenvalue weighted by atomic mass is 10.1. The molecule has 0 aliphatic rings. The summed E-state index contributed by atoms with van der Waals surface area (Å²) in [6.45, 7) is 1.54. The van der Waals surface area contributed by atoms with E-state index in [0.717, 1.165) is 6.07 Å². The van der Waals surface area contributed by atoms with E-state index in [9.17, 15) is 14.3 Å². The highest BCUT2D eigenvalue weighted by molar-refractivity contribution is 6.05. The van der Waals surface area contributed by atoms with Gasteiger partial charge in [-0.25, -0.2) is 4.39 Å². The summed E-state index contributed by atoms with van der Waals surface area (Å²) in [6, 6.07) is 8.63. The lowest BCUT2D eigenvalue weighted by molar-refractivity contribution is 0.102. The predicted octanol–water partition coefficient (Wildman–Crippen LogP) is 2.67. The first-order valence-corrected chi connectivity index (χ1v) is 5.63. The first-order chi connectivity index (χ1) is 8.97. The van der Waals surface area contributed by atoms with E-state index >= 15 is 0 Å². The summed E-state index contributed by atoms with van der Waals surface area (Å²) >= 11 is 0. The van der Waals surface area contributed by atoms with Gasteiger partial charge in [0.1, 0.15) is 11.6 Å². The molecular weight excluding hydrogens is 247 g/mol. The summed E-state index contributed by atoms with van der Waals surface area (Å²) < 4.78 is 13.5. The third kappa shape index (κ3) is 2.82. The lowest BCUT2D eigenvalue weighted by Crippen LogP contribution is -2.13. The Labute approximate surface area is 109 Å². The van der Waals surface area contributed by atoms with Crippen LogP contribution in [0, 0.1) is 12.7 Å². The number of phenolic OH excluding ortho intramolecular Hbond substituents is 1. The van der Waals surface area contributed by atoms with Gasteiger partial charge >= 0.3 is 0 Å². The van der Waals surface area contributed by atoms with Crippen LogP contribution in [-0.4, -0.2) is 11.0 Å². The van der Waals surface area contributed by atoms with Crippen LogP contribution in [0.15, 0.2) is 36.4 Å². The zero-order chi connectivity index (χ0) is 14.0. The highest BCUT2D eigenvalue weighted by atomic mass is 19.1. The molecule has 0 saturated heterocycles. The zero-order valence-corrected chi connectivity index (χ0v) is 10.3. The SMILES string of the molecule is Cc1c(N)cc(C(=O)Nc2cccc(O)c2)cc1F. The molecule has 0 spiro atoms. The highest BCUT2D eigenvalue weighted by Gasteiger charge is 2.11. The van der Waals surface area contributed by atoms with Crippen LogP contribution in [0.4, 0.5) is 15.8 Å². The normalized spacial score (nSPS) is 10.2.